The van der Waals surface area contributed by atoms with Crippen molar-refractivity contribution in [3.8, 4) is 11.5 Å². The highest BCUT2D eigenvalue weighted by Crippen LogP contribution is 2.35. The van der Waals surface area contributed by atoms with Gasteiger partial charge in [-0.2, -0.15) is 0 Å². The predicted octanol–water partition coefficient (Wildman–Crippen LogP) is 2.28. The minimum absolute atomic E-state index is 0.226. The Labute approximate surface area is 118 Å². The van der Waals surface area contributed by atoms with Crippen molar-refractivity contribution in [2.75, 3.05) is 19.8 Å². The summed E-state index contributed by atoms with van der Waals surface area (Å²) in [7, 11) is 0. The highest BCUT2D eigenvalue weighted by molar-refractivity contribution is 5.81. The molecule has 2 aromatic rings. The molecule has 1 atom stereocenters. The van der Waals surface area contributed by atoms with Crippen molar-refractivity contribution in [3.05, 3.63) is 18.0 Å². The lowest BCUT2D eigenvalue weighted by molar-refractivity contribution is 0.172. The first kappa shape index (κ1) is 13.2. The van der Waals surface area contributed by atoms with Gasteiger partial charge in [-0.3, -0.25) is 0 Å². The number of benzene rings is 1. The van der Waals surface area contributed by atoms with E-state index in [9.17, 15) is 0 Å². The van der Waals surface area contributed by atoms with Crippen LogP contribution in [0.1, 0.15) is 32.1 Å². The van der Waals surface area contributed by atoms with E-state index in [1.807, 2.05) is 12.1 Å². The minimum atomic E-state index is 0.226. The quantitative estimate of drug-likeness (QED) is 0.930. The number of hydrogen-bond acceptors (Lipinski definition) is 4. The first-order valence-corrected chi connectivity index (χ1v) is 7.25. The maximum atomic E-state index is 5.85. The molecule has 2 heterocycles. The molecule has 1 aliphatic rings. The van der Waals surface area contributed by atoms with Crippen molar-refractivity contribution in [2.45, 2.75) is 32.7 Å². The molecule has 0 fully saturated rings. The fraction of sp³-hybridized carbons (Fsp3) is 0.533. The van der Waals surface area contributed by atoms with Gasteiger partial charge in [-0.15, -0.1) is 0 Å². The second-order valence-corrected chi connectivity index (χ2v) is 5.22. The van der Waals surface area contributed by atoms with E-state index in [2.05, 4.69) is 18.4 Å². The van der Waals surface area contributed by atoms with Gasteiger partial charge in [0.2, 0.25) is 0 Å². The van der Waals surface area contributed by atoms with E-state index in [0.717, 1.165) is 41.2 Å². The molecule has 0 aliphatic carbocycles. The van der Waals surface area contributed by atoms with E-state index >= 15 is 0 Å². The van der Waals surface area contributed by atoms with Crippen LogP contribution < -0.4 is 15.2 Å². The summed E-state index contributed by atoms with van der Waals surface area (Å²) >= 11 is 0. The van der Waals surface area contributed by atoms with Crippen LogP contribution in [-0.4, -0.2) is 29.3 Å². The molecular weight excluding hydrogens is 254 g/mol. The zero-order chi connectivity index (χ0) is 14.1. The zero-order valence-corrected chi connectivity index (χ0v) is 12.1. The van der Waals surface area contributed by atoms with Gasteiger partial charge in [-0.05, 0) is 13.3 Å². The maximum Gasteiger partial charge on any atom is 0.163 e. The average Bonchev–Trinajstić information content (AvgIpc) is 2.81. The Morgan fingerprint density at radius 2 is 2.00 bits per heavy atom. The monoisotopic (exact) mass is 275 g/mol. The Bertz CT molecular complexity index is 621. The molecule has 0 saturated heterocycles. The molecule has 0 bridgehead atoms. The smallest absolute Gasteiger partial charge is 0.163 e. The summed E-state index contributed by atoms with van der Waals surface area (Å²) in [4.78, 5) is 4.75. The van der Waals surface area contributed by atoms with Gasteiger partial charge in [-0.25, -0.2) is 4.98 Å². The molecule has 0 spiro atoms. The predicted molar refractivity (Wildman–Crippen MR) is 78.5 cm³/mol. The third-order valence-electron chi connectivity index (χ3n) is 3.68. The Hall–Kier alpha value is -1.75. The SMILES string of the molecule is CCCc1nc2cc3c(cc2n1C(C)CN)OCCO3. The summed E-state index contributed by atoms with van der Waals surface area (Å²) in [6, 6.07) is 4.23. The number of imidazole rings is 1. The molecule has 2 N–H and O–H groups in total. The molecule has 108 valence electrons. The van der Waals surface area contributed by atoms with E-state index in [1.165, 1.54) is 0 Å². The van der Waals surface area contributed by atoms with Crippen molar-refractivity contribution in [1.82, 2.24) is 9.55 Å². The average molecular weight is 275 g/mol. The third-order valence-corrected chi connectivity index (χ3v) is 3.68. The van der Waals surface area contributed by atoms with E-state index in [0.29, 0.717) is 19.8 Å². The van der Waals surface area contributed by atoms with Gasteiger partial charge >= 0.3 is 0 Å². The van der Waals surface area contributed by atoms with Crippen molar-refractivity contribution < 1.29 is 9.47 Å². The number of aromatic nitrogens is 2. The first-order valence-electron chi connectivity index (χ1n) is 7.25. The lowest BCUT2D eigenvalue weighted by Gasteiger charge is -2.19. The van der Waals surface area contributed by atoms with Gasteiger partial charge in [-0.1, -0.05) is 6.92 Å². The molecule has 1 aromatic carbocycles. The van der Waals surface area contributed by atoms with Gasteiger partial charge in [0.25, 0.3) is 0 Å². The molecule has 0 radical (unpaired) electrons. The molecule has 3 rings (SSSR count). The third kappa shape index (κ3) is 2.12. The van der Waals surface area contributed by atoms with E-state index < -0.39 is 0 Å². The van der Waals surface area contributed by atoms with Crippen LogP contribution in [0.25, 0.3) is 11.0 Å². The van der Waals surface area contributed by atoms with Crippen molar-refractivity contribution >= 4 is 11.0 Å². The molecule has 5 heteroatoms. The zero-order valence-electron chi connectivity index (χ0n) is 12.1. The van der Waals surface area contributed by atoms with Gasteiger partial charge in [0.1, 0.15) is 19.0 Å². The summed E-state index contributed by atoms with van der Waals surface area (Å²) < 4.78 is 13.5. The van der Waals surface area contributed by atoms with E-state index in [-0.39, 0.29) is 6.04 Å². The van der Waals surface area contributed by atoms with Crippen LogP contribution in [0.5, 0.6) is 11.5 Å². The number of hydrogen-bond donors (Lipinski definition) is 1. The summed E-state index contributed by atoms with van der Waals surface area (Å²) in [5.41, 5.74) is 7.89. The Morgan fingerprint density at radius 3 is 2.65 bits per heavy atom. The van der Waals surface area contributed by atoms with E-state index in [4.69, 9.17) is 20.2 Å². The van der Waals surface area contributed by atoms with Gasteiger partial charge in [0, 0.05) is 31.1 Å². The molecular formula is C15H21N3O2. The van der Waals surface area contributed by atoms with Gasteiger partial charge in [0.05, 0.1) is 11.0 Å². The highest BCUT2D eigenvalue weighted by atomic mass is 16.6. The summed E-state index contributed by atoms with van der Waals surface area (Å²) in [5, 5.41) is 0. The number of nitrogens with two attached hydrogens (primary N) is 1. The molecule has 1 unspecified atom stereocenters. The van der Waals surface area contributed by atoms with Crippen molar-refractivity contribution in [1.29, 1.82) is 0 Å². The number of fused-ring (bicyclic) bond motifs is 2. The molecule has 0 amide bonds. The second kappa shape index (κ2) is 5.32. The number of ether oxygens (including phenoxy) is 2. The summed E-state index contributed by atoms with van der Waals surface area (Å²) in [6.07, 6.45) is 2.01. The second-order valence-electron chi connectivity index (χ2n) is 5.22. The maximum absolute atomic E-state index is 5.85. The Balaban J connectivity index is 2.18. The lowest BCUT2D eigenvalue weighted by Crippen LogP contribution is -2.18. The van der Waals surface area contributed by atoms with Crippen LogP contribution >= 0.6 is 0 Å². The largest absolute Gasteiger partial charge is 0.486 e. The van der Waals surface area contributed by atoms with Crippen molar-refractivity contribution in [2.24, 2.45) is 5.73 Å². The van der Waals surface area contributed by atoms with Gasteiger partial charge < -0.3 is 19.8 Å². The van der Waals surface area contributed by atoms with Crippen LogP contribution in [0.2, 0.25) is 0 Å². The van der Waals surface area contributed by atoms with Crippen LogP contribution in [0.4, 0.5) is 0 Å². The van der Waals surface area contributed by atoms with Crippen LogP contribution in [0.15, 0.2) is 12.1 Å². The highest BCUT2D eigenvalue weighted by Gasteiger charge is 2.19. The number of rotatable bonds is 4. The van der Waals surface area contributed by atoms with E-state index in [1.54, 1.807) is 0 Å². The topological polar surface area (TPSA) is 62.3 Å². The molecule has 20 heavy (non-hydrogen) atoms. The lowest BCUT2D eigenvalue weighted by atomic mass is 10.2. The standard InChI is InChI=1S/C15H21N3O2/c1-3-4-15-17-11-7-13-14(20-6-5-19-13)8-12(11)18(15)10(2)9-16/h7-8,10H,3-6,9,16H2,1-2H3. The molecule has 0 saturated carbocycles. The summed E-state index contributed by atoms with van der Waals surface area (Å²) in [5.74, 6) is 2.68. The molecule has 1 aromatic heterocycles. The van der Waals surface area contributed by atoms with Gasteiger partial charge in [0.15, 0.2) is 11.5 Å². The Kier molecular flexibility index (Phi) is 3.53. The van der Waals surface area contributed by atoms with Crippen LogP contribution in [-0.2, 0) is 6.42 Å². The molecule has 5 nitrogen and oxygen atoms in total. The minimum Gasteiger partial charge on any atom is -0.486 e. The normalized spacial score (nSPS) is 15.6. The first-order chi connectivity index (χ1) is 9.74. The van der Waals surface area contributed by atoms with Crippen LogP contribution in [0, 0.1) is 0 Å². The van der Waals surface area contributed by atoms with Crippen molar-refractivity contribution in [3.63, 3.8) is 0 Å². The Morgan fingerprint density at radius 1 is 1.30 bits per heavy atom. The summed E-state index contributed by atoms with van der Waals surface area (Å²) in [6.45, 7) is 6.07. The fourth-order valence-electron chi connectivity index (χ4n) is 2.68. The fourth-order valence-corrected chi connectivity index (χ4v) is 2.68. The number of aryl methyl sites for hydroxylation is 1. The van der Waals surface area contributed by atoms with Crippen LogP contribution in [0.3, 0.4) is 0 Å². The molecule has 1 aliphatic heterocycles. The number of nitrogens with zero attached hydrogens (tertiary/aromatic N) is 2.